The molecule has 0 radical (unpaired) electrons. The third-order valence-corrected chi connectivity index (χ3v) is 4.81. The van der Waals surface area contributed by atoms with Crippen molar-refractivity contribution in [3.05, 3.63) is 83.7 Å². The van der Waals surface area contributed by atoms with Crippen LogP contribution in [0.5, 0.6) is 0 Å². The molecule has 2 aromatic carbocycles. The summed E-state index contributed by atoms with van der Waals surface area (Å²) < 4.78 is 0. The van der Waals surface area contributed by atoms with Gasteiger partial charge in [-0.1, -0.05) is 42.5 Å². The van der Waals surface area contributed by atoms with Gasteiger partial charge in [0.1, 0.15) is 5.69 Å². The summed E-state index contributed by atoms with van der Waals surface area (Å²) in [6, 6.07) is 20.1. The van der Waals surface area contributed by atoms with E-state index in [4.69, 9.17) is 0 Å². The highest BCUT2D eigenvalue weighted by Crippen LogP contribution is 2.20. The molecule has 3 aromatic rings. The van der Waals surface area contributed by atoms with Crippen molar-refractivity contribution in [3.8, 4) is 0 Å². The van der Waals surface area contributed by atoms with Gasteiger partial charge in [0.2, 0.25) is 5.95 Å². The molecule has 1 amide bonds. The Morgan fingerprint density at radius 2 is 1.79 bits per heavy atom. The lowest BCUT2D eigenvalue weighted by Gasteiger charge is -2.27. The minimum atomic E-state index is -0.120. The number of anilines is 2. The van der Waals surface area contributed by atoms with Crippen LogP contribution < -0.4 is 9.80 Å². The number of benzene rings is 2. The minimum absolute atomic E-state index is 0.120. The average Bonchev–Trinajstić information content (AvgIpc) is 2.73. The summed E-state index contributed by atoms with van der Waals surface area (Å²) in [4.78, 5) is 26.1. The first kappa shape index (κ1) is 20.5. The van der Waals surface area contributed by atoms with Gasteiger partial charge in [-0.15, -0.1) is 0 Å². The van der Waals surface area contributed by atoms with Crippen LogP contribution in [0, 0.1) is 6.92 Å². The summed E-state index contributed by atoms with van der Waals surface area (Å²) in [5.41, 5.74) is 3.57. The van der Waals surface area contributed by atoms with Crippen LogP contribution in [0.3, 0.4) is 0 Å². The molecule has 0 saturated carbocycles. The third-order valence-electron chi connectivity index (χ3n) is 4.81. The first-order valence-electron chi connectivity index (χ1n) is 10.0. The number of nitrogens with zero attached hydrogens (tertiary/aromatic N) is 4. The van der Waals surface area contributed by atoms with Gasteiger partial charge in [0.25, 0.3) is 5.91 Å². The van der Waals surface area contributed by atoms with Crippen LogP contribution in [0.15, 0.2) is 66.9 Å². The molecule has 0 aliphatic heterocycles. The monoisotopic (exact) mass is 388 g/mol. The van der Waals surface area contributed by atoms with Gasteiger partial charge in [-0.25, -0.2) is 9.97 Å². The van der Waals surface area contributed by atoms with Gasteiger partial charge in [-0.2, -0.15) is 0 Å². The summed E-state index contributed by atoms with van der Waals surface area (Å²) >= 11 is 0. The Kier molecular flexibility index (Phi) is 6.60. The lowest BCUT2D eigenvalue weighted by atomic mass is 10.2. The van der Waals surface area contributed by atoms with E-state index in [-0.39, 0.29) is 11.9 Å². The Morgan fingerprint density at radius 1 is 1.03 bits per heavy atom. The zero-order chi connectivity index (χ0) is 20.8. The van der Waals surface area contributed by atoms with Crippen molar-refractivity contribution in [3.63, 3.8) is 0 Å². The maximum atomic E-state index is 13.2. The molecule has 0 fully saturated rings. The second kappa shape index (κ2) is 9.32. The molecule has 0 atom stereocenters. The molecule has 150 valence electrons. The number of rotatable bonds is 7. The molecule has 5 heteroatoms. The molecule has 0 unspecified atom stereocenters. The average molecular weight is 389 g/mol. The van der Waals surface area contributed by atoms with Crippen molar-refractivity contribution in [1.82, 2.24) is 9.97 Å². The van der Waals surface area contributed by atoms with E-state index in [1.54, 1.807) is 17.2 Å². The number of carbonyl (C=O) groups is 1. The van der Waals surface area contributed by atoms with E-state index in [2.05, 4.69) is 40.8 Å². The number of aromatic nitrogens is 2. The molecule has 0 spiro atoms. The molecule has 0 bridgehead atoms. The van der Waals surface area contributed by atoms with Gasteiger partial charge in [-0.3, -0.25) is 4.79 Å². The van der Waals surface area contributed by atoms with Crippen molar-refractivity contribution in [2.75, 3.05) is 16.3 Å². The highest BCUT2D eigenvalue weighted by Gasteiger charge is 2.21. The number of hydrogen-bond acceptors (Lipinski definition) is 4. The van der Waals surface area contributed by atoms with Crippen LogP contribution in [0.2, 0.25) is 0 Å². The van der Waals surface area contributed by atoms with Crippen LogP contribution in [0.25, 0.3) is 0 Å². The Bertz CT molecular complexity index is 956. The highest BCUT2D eigenvalue weighted by atomic mass is 16.2. The molecule has 29 heavy (non-hydrogen) atoms. The SMILES string of the molecule is CCN(C(=O)c1ccnc(N(Cc2ccccc2)C(C)C)n1)c1cccc(C)c1. The van der Waals surface area contributed by atoms with Gasteiger partial charge in [0.05, 0.1) is 0 Å². The summed E-state index contributed by atoms with van der Waals surface area (Å²) in [6.07, 6.45) is 1.67. The fourth-order valence-corrected chi connectivity index (χ4v) is 3.25. The van der Waals surface area contributed by atoms with E-state index in [1.807, 2.05) is 56.3 Å². The normalized spacial score (nSPS) is 10.8. The highest BCUT2D eigenvalue weighted by molar-refractivity contribution is 6.04. The van der Waals surface area contributed by atoms with Crippen LogP contribution in [-0.2, 0) is 6.54 Å². The molecule has 1 heterocycles. The maximum Gasteiger partial charge on any atom is 0.277 e. The number of amides is 1. The Labute approximate surface area is 173 Å². The topological polar surface area (TPSA) is 49.3 Å². The Morgan fingerprint density at radius 3 is 2.45 bits per heavy atom. The summed E-state index contributed by atoms with van der Waals surface area (Å²) in [6.45, 7) is 9.45. The summed E-state index contributed by atoms with van der Waals surface area (Å²) in [7, 11) is 0. The van der Waals surface area contributed by atoms with E-state index in [0.717, 1.165) is 11.3 Å². The molecular formula is C24H28N4O. The van der Waals surface area contributed by atoms with Gasteiger partial charge < -0.3 is 9.80 Å². The number of carbonyl (C=O) groups excluding carboxylic acids is 1. The van der Waals surface area contributed by atoms with Crippen molar-refractivity contribution >= 4 is 17.5 Å². The number of hydrogen-bond donors (Lipinski definition) is 0. The maximum absolute atomic E-state index is 13.2. The zero-order valence-corrected chi connectivity index (χ0v) is 17.5. The lowest BCUT2D eigenvalue weighted by Crippen LogP contribution is -2.34. The van der Waals surface area contributed by atoms with Gasteiger partial charge in [0.15, 0.2) is 0 Å². The van der Waals surface area contributed by atoms with E-state index < -0.39 is 0 Å². The van der Waals surface area contributed by atoms with Crippen molar-refractivity contribution < 1.29 is 4.79 Å². The molecule has 5 nitrogen and oxygen atoms in total. The predicted molar refractivity (Wildman–Crippen MR) is 118 cm³/mol. The van der Waals surface area contributed by atoms with Crippen molar-refractivity contribution in [2.45, 2.75) is 40.3 Å². The van der Waals surface area contributed by atoms with Gasteiger partial charge in [-0.05, 0) is 57.0 Å². The third kappa shape index (κ3) is 4.99. The van der Waals surface area contributed by atoms with Crippen LogP contribution in [0.4, 0.5) is 11.6 Å². The first-order valence-corrected chi connectivity index (χ1v) is 10.0. The second-order valence-electron chi connectivity index (χ2n) is 7.34. The molecule has 0 aliphatic carbocycles. The fraction of sp³-hybridized carbons (Fsp3) is 0.292. The molecule has 0 aliphatic rings. The Hall–Kier alpha value is -3.21. The van der Waals surface area contributed by atoms with Crippen molar-refractivity contribution in [2.24, 2.45) is 0 Å². The van der Waals surface area contributed by atoms with Crippen LogP contribution >= 0.6 is 0 Å². The number of aryl methyl sites for hydroxylation is 1. The van der Waals surface area contributed by atoms with E-state index >= 15 is 0 Å². The van der Waals surface area contributed by atoms with E-state index in [0.29, 0.717) is 24.7 Å². The lowest BCUT2D eigenvalue weighted by molar-refractivity contribution is 0.0983. The van der Waals surface area contributed by atoms with Crippen LogP contribution in [-0.4, -0.2) is 28.5 Å². The van der Waals surface area contributed by atoms with Crippen LogP contribution in [0.1, 0.15) is 42.4 Å². The molecule has 0 saturated heterocycles. The van der Waals surface area contributed by atoms with E-state index in [1.165, 1.54) is 5.56 Å². The van der Waals surface area contributed by atoms with E-state index in [9.17, 15) is 4.79 Å². The standard InChI is InChI=1S/C24H28N4O/c1-5-27(21-13-9-10-19(4)16-21)23(29)22-14-15-25-24(26-22)28(18(2)3)17-20-11-7-6-8-12-20/h6-16,18H,5,17H2,1-4H3. The second-order valence-corrected chi connectivity index (χ2v) is 7.34. The Balaban J connectivity index is 1.89. The van der Waals surface area contributed by atoms with Gasteiger partial charge >= 0.3 is 0 Å². The smallest absolute Gasteiger partial charge is 0.277 e. The first-order chi connectivity index (χ1) is 14.0. The summed E-state index contributed by atoms with van der Waals surface area (Å²) in [5.74, 6) is 0.445. The largest absolute Gasteiger partial charge is 0.334 e. The van der Waals surface area contributed by atoms with Gasteiger partial charge in [0, 0.05) is 31.0 Å². The summed E-state index contributed by atoms with van der Waals surface area (Å²) in [5, 5.41) is 0. The zero-order valence-electron chi connectivity index (χ0n) is 17.5. The van der Waals surface area contributed by atoms with Crippen molar-refractivity contribution in [1.29, 1.82) is 0 Å². The molecule has 3 rings (SSSR count). The predicted octanol–water partition coefficient (Wildman–Crippen LogP) is 4.87. The quantitative estimate of drug-likeness (QED) is 0.580. The molecule has 0 N–H and O–H groups in total. The fourth-order valence-electron chi connectivity index (χ4n) is 3.25. The molecular weight excluding hydrogens is 360 g/mol. The molecule has 1 aromatic heterocycles. The minimum Gasteiger partial charge on any atom is -0.334 e.